The zero-order valence-corrected chi connectivity index (χ0v) is 22.1. The standard InChI is InChI=1S/C24H44N2O7/c1-12-14(3)16(25-10)18(27)23(8,31)20(29)26(11)17(15(4)13-2)19(28)24(9,32)21(30)33-22(5,6)7/h14-17,25,31-32H,12-13H2,1-11H3/t14?,15?,16-,17-,23?,24?/m0/s1. The van der Waals surface area contributed by atoms with E-state index in [4.69, 9.17) is 4.74 Å². The Hall–Kier alpha value is -1.84. The maximum Gasteiger partial charge on any atom is 0.346 e. The van der Waals surface area contributed by atoms with Gasteiger partial charge in [0.2, 0.25) is 11.2 Å². The summed E-state index contributed by atoms with van der Waals surface area (Å²) in [6, 6.07) is -2.05. The molecule has 33 heavy (non-hydrogen) atoms. The molecule has 0 rings (SSSR count). The van der Waals surface area contributed by atoms with E-state index >= 15 is 0 Å². The summed E-state index contributed by atoms with van der Waals surface area (Å²) in [6.07, 6.45) is 1.07. The van der Waals surface area contributed by atoms with Crippen LogP contribution in [0.5, 0.6) is 0 Å². The molecule has 192 valence electrons. The lowest BCUT2D eigenvalue weighted by atomic mass is 9.83. The van der Waals surface area contributed by atoms with Crippen LogP contribution in [-0.4, -0.2) is 81.5 Å². The Bertz CT molecular complexity index is 725. The molecule has 0 aliphatic carbocycles. The lowest BCUT2D eigenvalue weighted by Gasteiger charge is -2.39. The number of ether oxygens (including phenoxy) is 1. The summed E-state index contributed by atoms with van der Waals surface area (Å²) in [6.45, 7) is 14.1. The summed E-state index contributed by atoms with van der Waals surface area (Å²) in [5.41, 5.74) is -5.89. The fourth-order valence-electron chi connectivity index (χ4n) is 3.59. The number of amides is 1. The van der Waals surface area contributed by atoms with Gasteiger partial charge in [-0.15, -0.1) is 0 Å². The van der Waals surface area contributed by atoms with Crippen LogP contribution < -0.4 is 5.32 Å². The minimum Gasteiger partial charge on any atom is -0.457 e. The number of esters is 1. The van der Waals surface area contributed by atoms with Crippen molar-refractivity contribution in [2.75, 3.05) is 14.1 Å². The quantitative estimate of drug-likeness (QED) is 0.287. The van der Waals surface area contributed by atoms with Crippen LogP contribution in [0.4, 0.5) is 0 Å². The average molecular weight is 473 g/mol. The minimum absolute atomic E-state index is 0.146. The second kappa shape index (κ2) is 11.5. The van der Waals surface area contributed by atoms with Crippen molar-refractivity contribution in [1.82, 2.24) is 10.2 Å². The zero-order chi connectivity index (χ0) is 26.5. The molecule has 0 fully saturated rings. The molecule has 0 aromatic heterocycles. The maximum absolute atomic E-state index is 13.4. The molecule has 6 atom stereocenters. The van der Waals surface area contributed by atoms with Gasteiger partial charge < -0.3 is 25.2 Å². The van der Waals surface area contributed by atoms with Crippen LogP contribution in [0.2, 0.25) is 0 Å². The number of likely N-dealkylation sites (N-methyl/N-ethyl adjacent to an activating group) is 2. The van der Waals surface area contributed by atoms with Crippen molar-refractivity contribution in [1.29, 1.82) is 0 Å². The lowest BCUT2D eigenvalue weighted by molar-refractivity contribution is -0.182. The van der Waals surface area contributed by atoms with Crippen LogP contribution in [0.15, 0.2) is 0 Å². The predicted octanol–water partition coefficient (Wildman–Crippen LogP) is 1.48. The molecule has 0 aliphatic rings. The highest BCUT2D eigenvalue weighted by Gasteiger charge is 2.52. The van der Waals surface area contributed by atoms with E-state index < -0.39 is 58.2 Å². The number of nitrogens with zero attached hydrogens (tertiary/aromatic N) is 1. The second-order valence-corrected chi connectivity index (χ2v) is 10.3. The molecule has 0 heterocycles. The normalized spacial score (nSPS) is 19.3. The number of Topliss-reactive ketones (excluding diaryl/α,β-unsaturated/α-hetero) is 2. The van der Waals surface area contributed by atoms with Gasteiger partial charge in [-0.2, -0.15) is 0 Å². The largest absolute Gasteiger partial charge is 0.457 e. The summed E-state index contributed by atoms with van der Waals surface area (Å²) in [7, 11) is 2.85. The van der Waals surface area contributed by atoms with E-state index in [1.54, 1.807) is 41.7 Å². The zero-order valence-electron chi connectivity index (χ0n) is 22.1. The Morgan fingerprint density at radius 2 is 1.33 bits per heavy atom. The van der Waals surface area contributed by atoms with Crippen LogP contribution in [0, 0.1) is 11.8 Å². The molecule has 4 unspecified atom stereocenters. The first-order chi connectivity index (χ1) is 14.8. The van der Waals surface area contributed by atoms with Crippen molar-refractivity contribution in [2.24, 2.45) is 11.8 Å². The van der Waals surface area contributed by atoms with Crippen LogP contribution >= 0.6 is 0 Å². The summed E-state index contributed by atoms with van der Waals surface area (Å²) >= 11 is 0. The smallest absolute Gasteiger partial charge is 0.346 e. The van der Waals surface area contributed by atoms with Gasteiger partial charge in [-0.25, -0.2) is 4.79 Å². The first kappa shape index (κ1) is 31.2. The molecular formula is C24H44N2O7. The Morgan fingerprint density at radius 3 is 1.70 bits per heavy atom. The van der Waals surface area contributed by atoms with Gasteiger partial charge >= 0.3 is 5.97 Å². The number of hydrogen-bond acceptors (Lipinski definition) is 8. The summed E-state index contributed by atoms with van der Waals surface area (Å²) in [4.78, 5) is 53.2. The van der Waals surface area contributed by atoms with Crippen molar-refractivity contribution in [2.45, 2.75) is 104 Å². The van der Waals surface area contributed by atoms with Gasteiger partial charge in [0, 0.05) is 7.05 Å². The molecule has 0 aliphatic heterocycles. The Kier molecular flexibility index (Phi) is 10.9. The highest BCUT2D eigenvalue weighted by atomic mass is 16.6. The number of hydrogen-bond donors (Lipinski definition) is 3. The first-order valence-corrected chi connectivity index (χ1v) is 11.5. The molecule has 0 spiro atoms. The van der Waals surface area contributed by atoms with Gasteiger partial charge in [0.15, 0.2) is 11.6 Å². The van der Waals surface area contributed by atoms with Gasteiger partial charge in [0.25, 0.3) is 5.91 Å². The molecule has 9 heteroatoms. The van der Waals surface area contributed by atoms with E-state index in [-0.39, 0.29) is 5.92 Å². The SMILES string of the molecule is CCC(C)[C@H](NC)C(=O)C(C)(O)C(=O)N(C)[C@H](C(=O)C(C)(O)C(=O)OC(C)(C)C)C(C)CC. The third-order valence-electron chi connectivity index (χ3n) is 6.17. The van der Waals surface area contributed by atoms with Crippen molar-refractivity contribution in [3.8, 4) is 0 Å². The first-order valence-electron chi connectivity index (χ1n) is 11.5. The van der Waals surface area contributed by atoms with Crippen LogP contribution in [0.3, 0.4) is 0 Å². The number of ketones is 2. The molecule has 3 N–H and O–H groups in total. The molecule has 0 radical (unpaired) electrons. The predicted molar refractivity (Wildman–Crippen MR) is 125 cm³/mol. The van der Waals surface area contributed by atoms with E-state index in [2.05, 4.69) is 5.32 Å². The Labute approximate surface area is 198 Å². The van der Waals surface area contributed by atoms with Crippen molar-refractivity contribution >= 4 is 23.4 Å². The van der Waals surface area contributed by atoms with Gasteiger partial charge in [0.05, 0.1) is 12.1 Å². The molecule has 9 nitrogen and oxygen atoms in total. The fraction of sp³-hybridized carbons (Fsp3) is 0.833. The number of carbonyl (C=O) groups is 4. The van der Waals surface area contributed by atoms with E-state index in [0.29, 0.717) is 12.8 Å². The Balaban J connectivity index is 6.18. The highest BCUT2D eigenvalue weighted by molar-refractivity contribution is 6.14. The topological polar surface area (TPSA) is 133 Å². The number of carbonyl (C=O) groups excluding carboxylic acids is 4. The van der Waals surface area contributed by atoms with Crippen molar-refractivity contribution in [3.63, 3.8) is 0 Å². The van der Waals surface area contributed by atoms with Gasteiger partial charge in [-0.05, 0) is 53.5 Å². The van der Waals surface area contributed by atoms with Crippen LogP contribution in [0.25, 0.3) is 0 Å². The number of aliphatic hydroxyl groups is 2. The minimum atomic E-state index is -2.53. The third kappa shape index (κ3) is 7.32. The monoisotopic (exact) mass is 472 g/mol. The van der Waals surface area contributed by atoms with Crippen LogP contribution in [0.1, 0.15) is 75.2 Å². The molecule has 0 saturated heterocycles. The van der Waals surface area contributed by atoms with E-state index in [9.17, 15) is 29.4 Å². The fourth-order valence-corrected chi connectivity index (χ4v) is 3.59. The van der Waals surface area contributed by atoms with Gasteiger partial charge in [-0.1, -0.05) is 40.5 Å². The number of rotatable bonds is 12. The van der Waals surface area contributed by atoms with E-state index in [1.807, 2.05) is 13.8 Å². The van der Waals surface area contributed by atoms with E-state index in [1.165, 1.54) is 7.05 Å². The highest BCUT2D eigenvalue weighted by Crippen LogP contribution is 2.26. The third-order valence-corrected chi connectivity index (χ3v) is 6.17. The second-order valence-electron chi connectivity index (χ2n) is 10.3. The molecular weight excluding hydrogens is 428 g/mol. The summed E-state index contributed by atoms with van der Waals surface area (Å²) in [5, 5.41) is 24.6. The summed E-state index contributed by atoms with van der Waals surface area (Å²) < 4.78 is 5.19. The maximum atomic E-state index is 13.4. The average Bonchev–Trinajstić information content (AvgIpc) is 2.71. The van der Waals surface area contributed by atoms with Crippen molar-refractivity contribution < 1.29 is 34.1 Å². The molecule has 0 bridgehead atoms. The molecule has 0 aromatic carbocycles. The van der Waals surface area contributed by atoms with Crippen molar-refractivity contribution in [3.05, 3.63) is 0 Å². The Morgan fingerprint density at radius 1 is 0.879 bits per heavy atom. The van der Waals surface area contributed by atoms with Gasteiger partial charge in [0.1, 0.15) is 5.60 Å². The molecule has 0 saturated carbocycles. The summed E-state index contributed by atoms with van der Waals surface area (Å²) in [5.74, 6) is -4.42. The lowest BCUT2D eigenvalue weighted by Crippen LogP contribution is -2.63. The molecule has 0 aromatic rings. The van der Waals surface area contributed by atoms with E-state index in [0.717, 1.165) is 18.7 Å². The molecule has 1 amide bonds. The number of nitrogens with one attached hydrogen (secondary N) is 1. The van der Waals surface area contributed by atoms with Crippen LogP contribution in [-0.2, 0) is 23.9 Å². The van der Waals surface area contributed by atoms with Gasteiger partial charge in [-0.3, -0.25) is 14.4 Å².